The van der Waals surface area contributed by atoms with Crippen molar-refractivity contribution in [1.82, 2.24) is 9.55 Å². The maximum absolute atomic E-state index is 14.0. The van der Waals surface area contributed by atoms with E-state index in [0.717, 1.165) is 35.8 Å². The third-order valence-corrected chi connectivity index (χ3v) is 6.14. The van der Waals surface area contributed by atoms with Crippen LogP contribution < -0.4 is 10.9 Å². The number of halogens is 1. The Labute approximate surface area is 152 Å². The molecule has 136 valence electrons. The molecule has 2 aromatic heterocycles. The van der Waals surface area contributed by atoms with Crippen LogP contribution in [-0.2, 0) is 16.9 Å². The molecule has 7 nitrogen and oxygen atoms in total. The molecule has 2 heterocycles. The van der Waals surface area contributed by atoms with Crippen molar-refractivity contribution in [2.75, 3.05) is 11.6 Å². The van der Waals surface area contributed by atoms with Crippen LogP contribution in [0.4, 0.5) is 10.1 Å². The van der Waals surface area contributed by atoms with Gasteiger partial charge in [0.15, 0.2) is 9.84 Å². The van der Waals surface area contributed by atoms with Crippen LogP contribution in [0.2, 0.25) is 0 Å². The molecular weight excluding hydrogens is 381 g/mol. The van der Waals surface area contributed by atoms with E-state index < -0.39 is 21.6 Å². The van der Waals surface area contributed by atoms with Gasteiger partial charge >= 0.3 is 0 Å². The van der Waals surface area contributed by atoms with Gasteiger partial charge in [0.05, 0.1) is 27.2 Å². The monoisotopic (exact) mass is 395 g/mol. The van der Waals surface area contributed by atoms with Crippen molar-refractivity contribution in [3.63, 3.8) is 0 Å². The van der Waals surface area contributed by atoms with Crippen molar-refractivity contribution in [2.24, 2.45) is 7.05 Å². The number of nitrogens with zero attached hydrogens (tertiary/aromatic N) is 2. The summed E-state index contributed by atoms with van der Waals surface area (Å²) in [5, 5.41) is 2.70. The van der Waals surface area contributed by atoms with Gasteiger partial charge in [-0.2, -0.15) is 0 Å². The largest absolute Gasteiger partial charge is 0.319 e. The number of hydrogen-bond donors (Lipinski definition) is 1. The van der Waals surface area contributed by atoms with Gasteiger partial charge in [-0.25, -0.2) is 17.8 Å². The van der Waals surface area contributed by atoms with E-state index in [2.05, 4.69) is 10.3 Å². The minimum Gasteiger partial charge on any atom is -0.319 e. The summed E-state index contributed by atoms with van der Waals surface area (Å²) in [6.07, 6.45) is 2.35. The molecule has 10 heteroatoms. The van der Waals surface area contributed by atoms with E-state index in [1.54, 1.807) is 14.0 Å². The highest BCUT2D eigenvalue weighted by molar-refractivity contribution is 7.90. The number of amides is 1. The first-order valence-electron chi connectivity index (χ1n) is 7.35. The van der Waals surface area contributed by atoms with Gasteiger partial charge in [0.1, 0.15) is 10.6 Å². The van der Waals surface area contributed by atoms with Gasteiger partial charge in [0, 0.05) is 13.3 Å². The van der Waals surface area contributed by atoms with Gasteiger partial charge in [0.25, 0.3) is 11.5 Å². The van der Waals surface area contributed by atoms with Gasteiger partial charge < -0.3 is 9.88 Å². The highest BCUT2D eigenvalue weighted by Crippen LogP contribution is 2.28. The van der Waals surface area contributed by atoms with E-state index in [1.165, 1.54) is 10.9 Å². The number of fused-ring (bicyclic) bond motifs is 1. The summed E-state index contributed by atoms with van der Waals surface area (Å²) >= 11 is 1.01. The molecule has 0 aliphatic rings. The number of thiophene rings is 1. The number of anilines is 1. The Morgan fingerprint density at radius 1 is 1.35 bits per heavy atom. The van der Waals surface area contributed by atoms with Crippen molar-refractivity contribution in [3.8, 4) is 0 Å². The van der Waals surface area contributed by atoms with Crippen LogP contribution in [0.3, 0.4) is 0 Å². The number of aromatic nitrogens is 2. The normalized spacial score (nSPS) is 11.7. The van der Waals surface area contributed by atoms with Crippen LogP contribution in [0.1, 0.15) is 15.2 Å². The van der Waals surface area contributed by atoms with Crippen molar-refractivity contribution in [3.05, 3.63) is 51.1 Å². The molecule has 26 heavy (non-hydrogen) atoms. The molecule has 1 N–H and O–H groups in total. The number of benzene rings is 1. The molecule has 0 aliphatic carbocycles. The zero-order chi connectivity index (χ0) is 19.2. The van der Waals surface area contributed by atoms with E-state index in [0.29, 0.717) is 15.8 Å². The summed E-state index contributed by atoms with van der Waals surface area (Å²) in [5.74, 6) is -1.41. The molecule has 0 spiro atoms. The summed E-state index contributed by atoms with van der Waals surface area (Å²) in [7, 11) is -2.00. The van der Waals surface area contributed by atoms with Crippen molar-refractivity contribution < 1.29 is 17.6 Å². The fourth-order valence-electron chi connectivity index (χ4n) is 2.44. The lowest BCUT2D eigenvalue weighted by atomic mass is 10.2. The Kier molecular flexibility index (Phi) is 4.41. The van der Waals surface area contributed by atoms with Crippen LogP contribution in [-0.4, -0.2) is 30.1 Å². The summed E-state index contributed by atoms with van der Waals surface area (Å²) in [5.41, 5.74) is -0.0976. The second-order valence-electron chi connectivity index (χ2n) is 5.76. The number of sulfone groups is 1. The number of rotatable bonds is 3. The molecule has 0 saturated heterocycles. The molecule has 3 aromatic rings. The molecule has 0 bridgehead atoms. The third-order valence-electron chi connectivity index (χ3n) is 3.83. The van der Waals surface area contributed by atoms with Crippen LogP contribution in [0.25, 0.3) is 10.2 Å². The maximum atomic E-state index is 14.0. The summed E-state index contributed by atoms with van der Waals surface area (Å²) in [6, 6.07) is 3.15. The number of carbonyl (C=O) groups excluding carboxylic acids is 1. The molecule has 0 aliphatic heterocycles. The van der Waals surface area contributed by atoms with Gasteiger partial charge in [-0.3, -0.25) is 9.59 Å². The number of carbonyl (C=O) groups is 1. The Balaban J connectivity index is 2.04. The number of aryl methyl sites for hydroxylation is 2. The minimum atomic E-state index is -3.55. The van der Waals surface area contributed by atoms with Gasteiger partial charge in [-0.15, -0.1) is 11.3 Å². The molecule has 1 amide bonds. The molecule has 0 radical (unpaired) electrons. The highest BCUT2D eigenvalue weighted by atomic mass is 32.2. The number of nitrogens with one attached hydrogen (secondary N) is 1. The van der Waals surface area contributed by atoms with Crippen LogP contribution in [0.15, 0.2) is 34.2 Å². The predicted molar refractivity (Wildman–Crippen MR) is 97.1 cm³/mol. The SMILES string of the molecule is Cc1c(C(=O)Nc2cc(S(C)(=O)=O)ccc2F)sc2ncn(C)c(=O)c12. The Morgan fingerprint density at radius 2 is 2.04 bits per heavy atom. The van der Waals surface area contributed by atoms with E-state index in [1.807, 2.05) is 0 Å². The maximum Gasteiger partial charge on any atom is 0.266 e. The Hall–Kier alpha value is -2.59. The second kappa shape index (κ2) is 6.29. The summed E-state index contributed by atoms with van der Waals surface area (Å²) in [4.78, 5) is 29.4. The molecule has 1 aromatic carbocycles. The topological polar surface area (TPSA) is 98.1 Å². The lowest BCUT2D eigenvalue weighted by molar-refractivity contribution is 0.102. The van der Waals surface area contributed by atoms with E-state index in [9.17, 15) is 22.4 Å². The van der Waals surface area contributed by atoms with Gasteiger partial charge in [-0.1, -0.05) is 0 Å². The summed E-state index contributed by atoms with van der Waals surface area (Å²) < 4.78 is 38.5. The first-order valence-corrected chi connectivity index (χ1v) is 10.1. The fraction of sp³-hybridized carbons (Fsp3) is 0.188. The van der Waals surface area contributed by atoms with Gasteiger partial charge in [-0.05, 0) is 30.7 Å². The lowest BCUT2D eigenvalue weighted by Gasteiger charge is -2.07. The van der Waals surface area contributed by atoms with Crippen LogP contribution in [0, 0.1) is 12.7 Å². The smallest absolute Gasteiger partial charge is 0.266 e. The lowest BCUT2D eigenvalue weighted by Crippen LogP contribution is -2.17. The van der Waals surface area contributed by atoms with Crippen LogP contribution >= 0.6 is 11.3 Å². The standard InChI is InChI=1S/C16H14FN3O4S2/c1-8-12-15(18-7-20(2)16(12)22)25-13(8)14(21)19-11-6-9(26(3,23)24)4-5-10(11)17/h4-7H,1-3H3,(H,19,21). The van der Waals surface area contributed by atoms with Crippen molar-refractivity contribution >= 4 is 43.0 Å². The molecule has 3 rings (SSSR count). The quantitative estimate of drug-likeness (QED) is 0.685. The fourth-order valence-corrected chi connectivity index (χ4v) is 4.12. The molecule has 0 fully saturated rings. The highest BCUT2D eigenvalue weighted by Gasteiger charge is 2.20. The molecule has 0 atom stereocenters. The first-order chi connectivity index (χ1) is 12.1. The second-order valence-corrected chi connectivity index (χ2v) is 8.78. The summed E-state index contributed by atoms with van der Waals surface area (Å²) in [6.45, 7) is 1.61. The zero-order valence-electron chi connectivity index (χ0n) is 14.0. The molecule has 0 saturated carbocycles. The predicted octanol–water partition coefficient (Wildman–Crippen LogP) is 2.10. The molecule has 0 unspecified atom stereocenters. The third kappa shape index (κ3) is 3.13. The Morgan fingerprint density at radius 3 is 2.69 bits per heavy atom. The van der Waals surface area contributed by atoms with E-state index in [-0.39, 0.29) is 21.0 Å². The Bertz CT molecular complexity index is 1210. The average Bonchev–Trinajstić information content (AvgIpc) is 2.89. The zero-order valence-corrected chi connectivity index (χ0v) is 15.7. The van der Waals surface area contributed by atoms with Crippen LogP contribution in [0.5, 0.6) is 0 Å². The number of hydrogen-bond acceptors (Lipinski definition) is 6. The molecular formula is C16H14FN3O4S2. The average molecular weight is 395 g/mol. The van der Waals surface area contributed by atoms with E-state index >= 15 is 0 Å². The first kappa shape index (κ1) is 18.2. The minimum absolute atomic E-state index is 0.113. The van der Waals surface area contributed by atoms with Crippen molar-refractivity contribution in [1.29, 1.82) is 0 Å². The van der Waals surface area contributed by atoms with E-state index in [4.69, 9.17) is 0 Å². The van der Waals surface area contributed by atoms with Crippen molar-refractivity contribution in [2.45, 2.75) is 11.8 Å². The van der Waals surface area contributed by atoms with Gasteiger partial charge in [0.2, 0.25) is 0 Å².